The molecule has 2 fully saturated rings. The van der Waals surface area contributed by atoms with Gasteiger partial charge in [-0.3, -0.25) is 9.69 Å². The molecule has 6 atom stereocenters. The lowest BCUT2D eigenvalue weighted by molar-refractivity contribution is -0.254. The van der Waals surface area contributed by atoms with Crippen LogP contribution in [0.2, 0.25) is 0 Å². The van der Waals surface area contributed by atoms with E-state index in [0.29, 0.717) is 68.3 Å². The first-order valence-corrected chi connectivity index (χ1v) is 20.7. The Morgan fingerprint density at radius 1 is 1.04 bits per heavy atom. The third kappa shape index (κ3) is 8.30. The lowest BCUT2D eigenvalue weighted by Crippen LogP contribution is -2.70. The van der Waals surface area contributed by atoms with Crippen molar-refractivity contribution in [2.45, 2.75) is 83.0 Å². The molecule has 0 aromatic heterocycles. The van der Waals surface area contributed by atoms with Gasteiger partial charge in [0.2, 0.25) is 12.6 Å². The SMILES string of the molecule is C=CCO[C@@]12Oc3ccc(OCCN4CC4)cc3[C@H]3[C@H](CCCCO)[C@@H](CCCCO)C=C(C(=NOCC)C[C@@H]1N(CCC)C(=O)c1ccc4c(c1)OCO4)[C@H]32. The highest BCUT2D eigenvalue weighted by molar-refractivity contribution is 6.03. The maximum atomic E-state index is 14.9. The highest BCUT2D eigenvalue weighted by atomic mass is 16.7. The number of carbonyl (C=O) groups is 1. The number of carbonyl (C=O) groups excluding carboxylic acids is 1. The topological polar surface area (TPSA) is 132 Å². The van der Waals surface area contributed by atoms with E-state index in [1.54, 1.807) is 24.3 Å². The van der Waals surface area contributed by atoms with Crippen LogP contribution in [0.1, 0.15) is 87.1 Å². The van der Waals surface area contributed by atoms with Gasteiger partial charge in [-0.05, 0) is 92.8 Å². The summed E-state index contributed by atoms with van der Waals surface area (Å²) in [5.74, 6) is 0.945. The molecule has 0 spiro atoms. The van der Waals surface area contributed by atoms with Crippen molar-refractivity contribution in [3.63, 3.8) is 0 Å². The number of hydrogen-bond acceptors (Lipinski definition) is 11. The molecule has 0 unspecified atom stereocenters. The van der Waals surface area contributed by atoms with Crippen LogP contribution in [0.15, 0.2) is 65.9 Å². The van der Waals surface area contributed by atoms with Crippen LogP contribution in [0, 0.1) is 17.8 Å². The standard InChI is InChI=1S/C44H59N3O9/c1-4-17-47(43(50)31-13-15-38-39(26-31)53-29-52-38)40-28-36(45-55-6-3)34-25-30(11-7-9-21-48)33(12-8-10-22-49)41-35-27-32(51-24-20-46-18-19-46)14-16-37(35)56-44(40,42(34)41)54-23-5-2/h5,13-16,25-27,30,33,40-42,48-49H,2,4,6-12,17-24,28-29H2,1,3H3/t30-,33+,40-,41+,42+,44+/m0/s1. The van der Waals surface area contributed by atoms with Crippen LogP contribution >= 0.6 is 0 Å². The number of fused-ring (bicyclic) bond motifs is 3. The third-order valence-corrected chi connectivity index (χ3v) is 11.9. The number of nitrogens with zero attached hydrogens (tertiary/aromatic N) is 3. The summed E-state index contributed by atoms with van der Waals surface area (Å²) in [6.07, 6.45) is 10.0. The summed E-state index contributed by atoms with van der Waals surface area (Å²) in [6, 6.07) is 10.9. The fourth-order valence-electron chi connectivity index (χ4n) is 9.30. The number of hydrogen-bond donors (Lipinski definition) is 2. The summed E-state index contributed by atoms with van der Waals surface area (Å²) in [7, 11) is 0. The molecule has 2 aromatic carbocycles. The van der Waals surface area contributed by atoms with Crippen molar-refractivity contribution in [2.24, 2.45) is 22.9 Å². The second-order valence-electron chi connectivity index (χ2n) is 15.4. The van der Waals surface area contributed by atoms with Crippen molar-refractivity contribution in [1.29, 1.82) is 0 Å². The lowest BCUT2D eigenvalue weighted by atomic mass is 9.55. The van der Waals surface area contributed by atoms with Gasteiger partial charge in [0.1, 0.15) is 30.8 Å². The number of aliphatic hydroxyl groups is 2. The zero-order valence-electron chi connectivity index (χ0n) is 33.0. The molecule has 304 valence electrons. The van der Waals surface area contributed by atoms with E-state index in [-0.39, 0.29) is 56.2 Å². The Labute approximate surface area is 331 Å². The Morgan fingerprint density at radius 2 is 1.82 bits per heavy atom. The lowest BCUT2D eigenvalue weighted by Gasteiger charge is -2.60. The van der Waals surface area contributed by atoms with Crippen LogP contribution in [-0.4, -0.2) is 109 Å². The molecule has 56 heavy (non-hydrogen) atoms. The maximum Gasteiger partial charge on any atom is 0.254 e. The first kappa shape index (κ1) is 40.1. The van der Waals surface area contributed by atoms with Crippen molar-refractivity contribution in [2.75, 3.05) is 66.0 Å². The van der Waals surface area contributed by atoms with Crippen LogP contribution in [0.5, 0.6) is 23.0 Å². The van der Waals surface area contributed by atoms with Crippen LogP contribution in [-0.2, 0) is 9.57 Å². The molecule has 2 aliphatic carbocycles. The van der Waals surface area contributed by atoms with Gasteiger partial charge >= 0.3 is 0 Å². The van der Waals surface area contributed by atoms with E-state index in [1.807, 2.05) is 24.0 Å². The predicted molar refractivity (Wildman–Crippen MR) is 212 cm³/mol. The van der Waals surface area contributed by atoms with Crippen molar-refractivity contribution >= 4 is 11.6 Å². The minimum absolute atomic E-state index is 0.112. The number of ether oxygens (including phenoxy) is 5. The molecule has 2 aromatic rings. The van der Waals surface area contributed by atoms with Crippen molar-refractivity contribution in [3.8, 4) is 23.0 Å². The van der Waals surface area contributed by atoms with Gasteiger partial charge in [-0.2, -0.15) is 0 Å². The summed E-state index contributed by atoms with van der Waals surface area (Å²) in [5, 5.41) is 24.5. The molecule has 1 saturated heterocycles. The zero-order valence-corrected chi connectivity index (χ0v) is 33.0. The molecule has 2 N–H and O–H groups in total. The highest BCUT2D eigenvalue weighted by Crippen LogP contribution is 2.62. The van der Waals surface area contributed by atoms with Crippen LogP contribution < -0.4 is 18.9 Å². The number of amides is 1. The smallest absolute Gasteiger partial charge is 0.254 e. The minimum atomic E-state index is -1.32. The Hall–Kier alpha value is -4.10. The number of rotatable bonds is 21. The maximum absolute atomic E-state index is 14.9. The summed E-state index contributed by atoms with van der Waals surface area (Å²) in [6.45, 7) is 13.1. The number of oxime groups is 1. The molecule has 0 radical (unpaired) electrons. The zero-order chi connectivity index (χ0) is 39.1. The van der Waals surface area contributed by atoms with Crippen molar-refractivity contribution in [3.05, 3.63) is 71.8 Å². The average Bonchev–Trinajstić information content (AvgIpc) is 3.92. The minimum Gasteiger partial charge on any atom is -0.492 e. The molecule has 12 heteroatoms. The van der Waals surface area contributed by atoms with E-state index in [0.717, 1.165) is 67.9 Å². The van der Waals surface area contributed by atoms with Crippen molar-refractivity contribution < 1.29 is 43.5 Å². The average molecular weight is 774 g/mol. The predicted octanol–water partition coefficient (Wildman–Crippen LogP) is 6.32. The molecule has 7 rings (SSSR count). The monoisotopic (exact) mass is 773 g/mol. The second kappa shape index (κ2) is 18.4. The molecule has 1 saturated carbocycles. The summed E-state index contributed by atoms with van der Waals surface area (Å²) < 4.78 is 32.1. The number of unbranched alkanes of at least 4 members (excludes halogenated alkanes) is 2. The molecule has 1 amide bonds. The fourth-order valence-corrected chi connectivity index (χ4v) is 9.30. The van der Waals surface area contributed by atoms with Gasteiger partial charge < -0.3 is 43.6 Å². The van der Waals surface area contributed by atoms with Gasteiger partial charge in [0, 0.05) is 62.9 Å². The third-order valence-electron chi connectivity index (χ3n) is 11.9. The van der Waals surface area contributed by atoms with E-state index in [1.165, 1.54) is 0 Å². The largest absolute Gasteiger partial charge is 0.492 e. The van der Waals surface area contributed by atoms with E-state index in [4.69, 9.17) is 33.7 Å². The fraction of sp³-hybridized carbons (Fsp3) is 0.591. The van der Waals surface area contributed by atoms with Gasteiger partial charge in [-0.1, -0.05) is 37.1 Å². The van der Waals surface area contributed by atoms with Crippen LogP contribution in [0.25, 0.3) is 0 Å². The Kier molecular flexibility index (Phi) is 13.2. The molecule has 5 aliphatic rings. The van der Waals surface area contributed by atoms with Gasteiger partial charge in [0.15, 0.2) is 11.5 Å². The number of benzene rings is 2. The normalized spacial score (nSPS) is 26.5. The first-order chi connectivity index (χ1) is 27.5. The van der Waals surface area contributed by atoms with Gasteiger partial charge in [-0.15, -0.1) is 6.58 Å². The van der Waals surface area contributed by atoms with Crippen molar-refractivity contribution in [1.82, 2.24) is 9.80 Å². The molecular weight excluding hydrogens is 714 g/mol. The summed E-state index contributed by atoms with van der Waals surface area (Å²) >= 11 is 0. The second-order valence-corrected chi connectivity index (χ2v) is 15.4. The van der Waals surface area contributed by atoms with Gasteiger partial charge in [0.25, 0.3) is 5.91 Å². The quantitative estimate of drug-likeness (QED) is 0.0644. The molecular formula is C44H59N3O9. The molecule has 3 aliphatic heterocycles. The van der Waals surface area contributed by atoms with E-state index < -0.39 is 11.8 Å². The van der Waals surface area contributed by atoms with E-state index in [9.17, 15) is 15.0 Å². The van der Waals surface area contributed by atoms with Gasteiger partial charge in [-0.25, -0.2) is 0 Å². The van der Waals surface area contributed by atoms with Gasteiger partial charge in [0.05, 0.1) is 18.2 Å². The van der Waals surface area contributed by atoms with E-state index >= 15 is 0 Å². The first-order valence-electron chi connectivity index (χ1n) is 20.7. The molecule has 3 heterocycles. The Balaban J connectivity index is 1.40. The number of aliphatic hydroxyl groups excluding tert-OH is 2. The molecule has 12 nitrogen and oxygen atoms in total. The Morgan fingerprint density at radius 3 is 2.57 bits per heavy atom. The highest BCUT2D eigenvalue weighted by Gasteiger charge is 2.65. The number of allylic oxidation sites excluding steroid dienone is 1. The van der Waals surface area contributed by atoms with Crippen LogP contribution in [0.3, 0.4) is 0 Å². The summed E-state index contributed by atoms with van der Waals surface area (Å²) in [4.78, 5) is 25.0. The summed E-state index contributed by atoms with van der Waals surface area (Å²) in [5.41, 5.74) is 3.33. The Bertz CT molecular complexity index is 1740. The van der Waals surface area contributed by atoms with E-state index in [2.05, 4.69) is 30.5 Å². The molecule has 0 bridgehead atoms. The van der Waals surface area contributed by atoms with Crippen LogP contribution in [0.4, 0.5) is 0 Å².